The van der Waals surface area contributed by atoms with Crippen LogP contribution in [0.2, 0.25) is 10.0 Å². The zero-order chi connectivity index (χ0) is 26.6. The Morgan fingerprint density at radius 2 is 1.47 bits per heavy atom. The Balaban J connectivity index is 1.50. The minimum atomic E-state index is -0.159. The maximum atomic E-state index is 13.7. The zero-order valence-corrected chi connectivity index (χ0v) is 23.1. The summed E-state index contributed by atoms with van der Waals surface area (Å²) in [5.74, 6) is 0.462. The predicted octanol–water partition coefficient (Wildman–Crippen LogP) is 9.00. The van der Waals surface area contributed by atoms with E-state index < -0.39 is 0 Å². The van der Waals surface area contributed by atoms with Gasteiger partial charge in [0.2, 0.25) is 0 Å². The van der Waals surface area contributed by atoms with Crippen molar-refractivity contribution in [3.05, 3.63) is 128 Å². The Kier molecular flexibility index (Phi) is 7.89. The van der Waals surface area contributed by atoms with Gasteiger partial charge in [-0.15, -0.1) is 0 Å². The van der Waals surface area contributed by atoms with Crippen LogP contribution < -0.4 is 9.64 Å². The molecule has 0 aliphatic carbocycles. The number of anilines is 1. The van der Waals surface area contributed by atoms with Crippen molar-refractivity contribution in [2.75, 3.05) is 4.90 Å². The van der Waals surface area contributed by atoms with Crippen molar-refractivity contribution in [2.45, 2.75) is 20.5 Å². The summed E-state index contributed by atoms with van der Waals surface area (Å²) in [7, 11) is 0. The lowest BCUT2D eigenvalue weighted by molar-refractivity contribution is -0.113. The first kappa shape index (κ1) is 26.1. The molecule has 4 nitrogen and oxygen atoms in total. The highest BCUT2D eigenvalue weighted by molar-refractivity contribution is 8.19. The van der Waals surface area contributed by atoms with Gasteiger partial charge in [-0.05, 0) is 91.8 Å². The number of aliphatic imine (C=N–C) groups is 1. The highest BCUT2D eigenvalue weighted by atomic mass is 35.5. The zero-order valence-electron chi connectivity index (χ0n) is 20.8. The number of amidine groups is 1. The van der Waals surface area contributed by atoms with Crippen LogP contribution in [0.4, 0.5) is 11.4 Å². The minimum absolute atomic E-state index is 0.159. The van der Waals surface area contributed by atoms with E-state index in [0.717, 1.165) is 28.1 Å². The number of nitrogens with zero attached hydrogens (tertiary/aromatic N) is 2. The van der Waals surface area contributed by atoms with E-state index in [1.165, 1.54) is 11.8 Å². The molecule has 38 heavy (non-hydrogen) atoms. The van der Waals surface area contributed by atoms with E-state index >= 15 is 0 Å². The molecule has 4 aromatic carbocycles. The monoisotopic (exact) mass is 558 g/mol. The SMILES string of the molecule is Cc1ccc(N=C2S/C(=C\c3cc(Cl)ccc3OCc3ccc(Cl)cc3)C(=O)N2c2ccc(C)cc2)cc1. The molecule has 1 amide bonds. The molecular formula is C31H24Cl2N2O2S. The summed E-state index contributed by atoms with van der Waals surface area (Å²) in [6.45, 7) is 4.40. The van der Waals surface area contributed by atoms with Gasteiger partial charge in [0.25, 0.3) is 5.91 Å². The number of aryl methyl sites for hydroxylation is 2. The lowest BCUT2D eigenvalue weighted by Crippen LogP contribution is -2.28. The molecule has 0 aromatic heterocycles. The van der Waals surface area contributed by atoms with Crippen LogP contribution in [0.15, 0.2) is 101 Å². The summed E-state index contributed by atoms with van der Waals surface area (Å²) in [5, 5.41) is 1.80. The van der Waals surface area contributed by atoms with Crippen molar-refractivity contribution in [3.63, 3.8) is 0 Å². The van der Waals surface area contributed by atoms with Crippen molar-refractivity contribution >= 4 is 63.5 Å². The molecule has 1 aliphatic heterocycles. The molecule has 0 atom stereocenters. The molecule has 7 heteroatoms. The fourth-order valence-corrected chi connectivity index (χ4v) is 5.14. The molecule has 0 unspecified atom stereocenters. The van der Waals surface area contributed by atoms with Crippen molar-refractivity contribution in [1.82, 2.24) is 0 Å². The summed E-state index contributed by atoms with van der Waals surface area (Å²) in [6, 6.07) is 28.6. The van der Waals surface area contributed by atoms with Crippen LogP contribution in [0, 0.1) is 13.8 Å². The quantitative estimate of drug-likeness (QED) is 0.222. The van der Waals surface area contributed by atoms with Crippen LogP contribution in [0.3, 0.4) is 0 Å². The molecule has 1 fully saturated rings. The second-order valence-corrected chi connectivity index (χ2v) is 10.8. The first-order chi connectivity index (χ1) is 18.4. The summed E-state index contributed by atoms with van der Waals surface area (Å²) >= 11 is 13.7. The van der Waals surface area contributed by atoms with E-state index in [4.69, 9.17) is 32.9 Å². The van der Waals surface area contributed by atoms with Crippen LogP contribution in [0.5, 0.6) is 5.75 Å². The van der Waals surface area contributed by atoms with Gasteiger partial charge in [0.05, 0.1) is 16.3 Å². The normalized spacial score (nSPS) is 15.5. The molecule has 0 spiro atoms. The van der Waals surface area contributed by atoms with Gasteiger partial charge in [-0.1, -0.05) is 70.7 Å². The molecule has 0 bridgehead atoms. The second-order valence-electron chi connectivity index (χ2n) is 8.91. The molecule has 1 saturated heterocycles. The van der Waals surface area contributed by atoms with Crippen LogP contribution in [0.1, 0.15) is 22.3 Å². The van der Waals surface area contributed by atoms with Gasteiger partial charge in [0, 0.05) is 15.6 Å². The van der Waals surface area contributed by atoms with Gasteiger partial charge in [-0.25, -0.2) is 4.99 Å². The van der Waals surface area contributed by atoms with Gasteiger partial charge < -0.3 is 4.74 Å². The number of ether oxygens (including phenoxy) is 1. The lowest BCUT2D eigenvalue weighted by Gasteiger charge is -2.16. The Hall–Kier alpha value is -3.51. The molecule has 0 radical (unpaired) electrons. The van der Waals surface area contributed by atoms with E-state index in [2.05, 4.69) is 0 Å². The number of benzene rings is 4. The topological polar surface area (TPSA) is 41.9 Å². The molecule has 0 N–H and O–H groups in total. The number of halogens is 2. The third-order valence-corrected chi connectivity index (χ3v) is 7.38. The standard InChI is InChI=1S/C31H24Cl2N2O2S/c1-20-3-12-26(13-4-20)34-31-35(27-14-5-21(2)6-15-27)30(36)29(38-31)18-23-17-25(33)11-16-28(23)37-19-22-7-9-24(32)10-8-22/h3-18H,19H2,1-2H3/b29-18-,34-31?. The van der Waals surface area contributed by atoms with E-state index in [1.807, 2.05) is 98.8 Å². The van der Waals surface area contributed by atoms with Crippen LogP contribution in [0.25, 0.3) is 6.08 Å². The number of carbonyl (C=O) groups is 1. The van der Waals surface area contributed by atoms with Gasteiger partial charge >= 0.3 is 0 Å². The van der Waals surface area contributed by atoms with Crippen LogP contribution in [-0.4, -0.2) is 11.1 Å². The molecule has 4 aromatic rings. The van der Waals surface area contributed by atoms with Gasteiger partial charge in [0.15, 0.2) is 5.17 Å². The van der Waals surface area contributed by atoms with E-state index in [0.29, 0.717) is 38.0 Å². The number of carbonyl (C=O) groups excluding carboxylic acids is 1. The van der Waals surface area contributed by atoms with Crippen LogP contribution >= 0.6 is 35.0 Å². The average Bonchev–Trinajstić information content (AvgIpc) is 3.20. The summed E-state index contributed by atoms with van der Waals surface area (Å²) in [5.41, 5.74) is 5.48. The number of amides is 1. The van der Waals surface area contributed by atoms with Gasteiger partial charge in [-0.3, -0.25) is 9.69 Å². The van der Waals surface area contributed by atoms with Gasteiger partial charge in [-0.2, -0.15) is 0 Å². The first-order valence-electron chi connectivity index (χ1n) is 12.0. The van der Waals surface area contributed by atoms with Crippen molar-refractivity contribution in [2.24, 2.45) is 4.99 Å². The Labute approximate surface area is 236 Å². The van der Waals surface area contributed by atoms with Crippen molar-refractivity contribution in [1.29, 1.82) is 0 Å². The second kappa shape index (κ2) is 11.5. The molecule has 1 heterocycles. The third kappa shape index (κ3) is 6.13. The van der Waals surface area contributed by atoms with Crippen molar-refractivity contribution in [3.8, 4) is 5.75 Å². The number of hydrogen-bond donors (Lipinski definition) is 0. The largest absolute Gasteiger partial charge is 0.488 e. The molecule has 1 aliphatic rings. The summed E-state index contributed by atoms with van der Waals surface area (Å²) in [6.07, 6.45) is 1.81. The number of thioether (sulfide) groups is 1. The highest BCUT2D eigenvalue weighted by Crippen LogP contribution is 2.39. The molecule has 0 saturated carbocycles. The average molecular weight is 560 g/mol. The van der Waals surface area contributed by atoms with E-state index in [1.54, 1.807) is 17.0 Å². The van der Waals surface area contributed by atoms with E-state index in [-0.39, 0.29) is 5.91 Å². The van der Waals surface area contributed by atoms with E-state index in [9.17, 15) is 4.79 Å². The van der Waals surface area contributed by atoms with Crippen LogP contribution in [-0.2, 0) is 11.4 Å². The Morgan fingerprint density at radius 3 is 2.16 bits per heavy atom. The maximum absolute atomic E-state index is 13.7. The number of hydrogen-bond acceptors (Lipinski definition) is 4. The third-order valence-electron chi connectivity index (χ3n) is 5.92. The molecular weight excluding hydrogens is 535 g/mol. The lowest BCUT2D eigenvalue weighted by atomic mass is 10.1. The fourth-order valence-electron chi connectivity index (χ4n) is 3.85. The van der Waals surface area contributed by atoms with Gasteiger partial charge in [0.1, 0.15) is 12.4 Å². The number of rotatable bonds is 6. The molecule has 190 valence electrons. The minimum Gasteiger partial charge on any atom is -0.488 e. The van der Waals surface area contributed by atoms with Crippen molar-refractivity contribution < 1.29 is 9.53 Å². The maximum Gasteiger partial charge on any atom is 0.271 e. The molecule has 5 rings (SSSR count). The Morgan fingerprint density at radius 1 is 0.842 bits per heavy atom. The Bertz CT molecular complexity index is 1530. The first-order valence-corrected chi connectivity index (χ1v) is 13.6. The predicted molar refractivity (Wildman–Crippen MR) is 160 cm³/mol. The smallest absolute Gasteiger partial charge is 0.271 e. The fraction of sp³-hybridized carbons (Fsp3) is 0.0968. The highest BCUT2D eigenvalue weighted by Gasteiger charge is 2.35. The summed E-state index contributed by atoms with van der Waals surface area (Å²) < 4.78 is 6.11. The summed E-state index contributed by atoms with van der Waals surface area (Å²) in [4.78, 5) is 20.7.